The molecule has 130 valence electrons. The molecule has 1 atom stereocenters. The predicted molar refractivity (Wildman–Crippen MR) is 92.6 cm³/mol. The molecule has 2 rings (SSSR count). The highest BCUT2D eigenvalue weighted by atomic mass is 16.5. The molecule has 1 heterocycles. The Morgan fingerprint density at radius 1 is 1.21 bits per heavy atom. The number of allylic oxidation sites excluding steroid dienone is 1. The van der Waals surface area contributed by atoms with Crippen molar-refractivity contribution in [3.63, 3.8) is 0 Å². The van der Waals surface area contributed by atoms with Gasteiger partial charge in [-0.3, -0.25) is 4.79 Å². The smallest absolute Gasteiger partial charge is 0.319 e. The molecule has 1 aliphatic rings. The highest BCUT2D eigenvalue weighted by Crippen LogP contribution is 2.33. The summed E-state index contributed by atoms with van der Waals surface area (Å²) in [4.78, 5) is 26.7. The molecule has 24 heavy (non-hydrogen) atoms. The number of ether oxygens (including phenoxy) is 1. The van der Waals surface area contributed by atoms with Crippen molar-refractivity contribution in [1.82, 2.24) is 15.5 Å². The maximum absolute atomic E-state index is 13.0. The van der Waals surface area contributed by atoms with E-state index in [0.717, 1.165) is 5.56 Å². The topological polar surface area (TPSA) is 70.7 Å². The second-order valence-corrected chi connectivity index (χ2v) is 5.52. The van der Waals surface area contributed by atoms with E-state index < -0.39 is 6.04 Å². The monoisotopic (exact) mass is 331 g/mol. The molecule has 2 N–H and O–H groups in total. The molecule has 0 saturated carbocycles. The summed E-state index contributed by atoms with van der Waals surface area (Å²) in [5.74, 6) is 0.589. The Labute approximate surface area is 142 Å². The minimum Gasteiger partial charge on any atom is -0.494 e. The van der Waals surface area contributed by atoms with Crippen LogP contribution in [0.5, 0.6) is 5.75 Å². The van der Waals surface area contributed by atoms with Crippen LogP contribution in [0.1, 0.15) is 39.3 Å². The number of nitrogens with zero attached hydrogens (tertiary/aromatic N) is 1. The molecule has 0 bridgehead atoms. The minimum atomic E-state index is -0.533. The predicted octanol–water partition coefficient (Wildman–Crippen LogP) is 2.58. The van der Waals surface area contributed by atoms with Crippen molar-refractivity contribution >= 4 is 11.9 Å². The second-order valence-electron chi connectivity index (χ2n) is 5.52. The summed E-state index contributed by atoms with van der Waals surface area (Å²) in [6.45, 7) is 9.27. The van der Waals surface area contributed by atoms with Gasteiger partial charge >= 0.3 is 6.03 Å². The highest BCUT2D eigenvalue weighted by Gasteiger charge is 2.34. The molecule has 0 spiro atoms. The van der Waals surface area contributed by atoms with Crippen molar-refractivity contribution in [2.45, 2.75) is 33.7 Å². The van der Waals surface area contributed by atoms with Crippen LogP contribution in [0.2, 0.25) is 0 Å². The van der Waals surface area contributed by atoms with Gasteiger partial charge in [0.2, 0.25) is 0 Å². The fraction of sp³-hybridized carbons (Fsp3) is 0.444. The average Bonchev–Trinajstić information content (AvgIpc) is 2.56. The third kappa shape index (κ3) is 3.53. The first-order valence-electron chi connectivity index (χ1n) is 8.32. The lowest BCUT2D eigenvalue weighted by molar-refractivity contribution is -0.127. The normalized spacial score (nSPS) is 17.2. The summed E-state index contributed by atoms with van der Waals surface area (Å²) in [6, 6.07) is 6.63. The zero-order chi connectivity index (χ0) is 17.7. The molecule has 0 aromatic heterocycles. The summed E-state index contributed by atoms with van der Waals surface area (Å²) in [5, 5.41) is 5.57. The van der Waals surface area contributed by atoms with Crippen LogP contribution in [0.3, 0.4) is 0 Å². The Morgan fingerprint density at radius 2 is 1.88 bits per heavy atom. The van der Waals surface area contributed by atoms with Crippen molar-refractivity contribution in [2.75, 3.05) is 19.7 Å². The second kappa shape index (κ2) is 7.86. The van der Waals surface area contributed by atoms with Gasteiger partial charge in [0.05, 0.1) is 18.2 Å². The molecule has 1 aromatic carbocycles. The number of hydrogen-bond donors (Lipinski definition) is 2. The van der Waals surface area contributed by atoms with Gasteiger partial charge < -0.3 is 20.3 Å². The van der Waals surface area contributed by atoms with Crippen LogP contribution in [0.25, 0.3) is 0 Å². The zero-order valence-electron chi connectivity index (χ0n) is 14.7. The van der Waals surface area contributed by atoms with Crippen molar-refractivity contribution in [3.05, 3.63) is 41.1 Å². The lowest BCUT2D eigenvalue weighted by Crippen LogP contribution is -2.47. The molecule has 1 aromatic rings. The van der Waals surface area contributed by atoms with E-state index >= 15 is 0 Å². The van der Waals surface area contributed by atoms with E-state index in [9.17, 15) is 9.59 Å². The van der Waals surface area contributed by atoms with E-state index in [1.807, 2.05) is 45.0 Å². The Balaban J connectivity index is 2.51. The van der Waals surface area contributed by atoms with Gasteiger partial charge in [-0.05, 0) is 33.8 Å². The number of para-hydroxylation sites is 1. The summed E-state index contributed by atoms with van der Waals surface area (Å²) in [6.07, 6.45) is 0. The van der Waals surface area contributed by atoms with E-state index in [-0.39, 0.29) is 11.9 Å². The lowest BCUT2D eigenvalue weighted by atomic mass is 9.93. The number of benzene rings is 1. The molecule has 3 amide bonds. The number of carbonyl (C=O) groups is 2. The molecule has 6 nitrogen and oxygen atoms in total. The molecular weight excluding hydrogens is 306 g/mol. The van der Waals surface area contributed by atoms with Crippen molar-refractivity contribution in [1.29, 1.82) is 0 Å². The summed E-state index contributed by atoms with van der Waals surface area (Å²) >= 11 is 0. The summed E-state index contributed by atoms with van der Waals surface area (Å²) in [7, 11) is 0. The van der Waals surface area contributed by atoms with Crippen LogP contribution in [-0.4, -0.2) is 36.5 Å². The van der Waals surface area contributed by atoms with Crippen LogP contribution >= 0.6 is 0 Å². The van der Waals surface area contributed by atoms with Crippen LogP contribution in [0, 0.1) is 0 Å². The first kappa shape index (κ1) is 17.8. The van der Waals surface area contributed by atoms with Crippen LogP contribution in [-0.2, 0) is 4.79 Å². The maximum Gasteiger partial charge on any atom is 0.319 e. The summed E-state index contributed by atoms with van der Waals surface area (Å²) < 4.78 is 5.68. The van der Waals surface area contributed by atoms with E-state index in [1.165, 1.54) is 0 Å². The van der Waals surface area contributed by atoms with Crippen molar-refractivity contribution < 1.29 is 14.3 Å². The van der Waals surface area contributed by atoms with Gasteiger partial charge in [0.15, 0.2) is 0 Å². The number of rotatable bonds is 6. The third-order valence-electron chi connectivity index (χ3n) is 4.08. The summed E-state index contributed by atoms with van der Waals surface area (Å²) in [5.41, 5.74) is 1.90. The quantitative estimate of drug-likeness (QED) is 0.842. The Kier molecular flexibility index (Phi) is 5.84. The van der Waals surface area contributed by atoms with Crippen LogP contribution < -0.4 is 15.4 Å². The number of amides is 3. The molecule has 1 aliphatic heterocycles. The Bertz CT molecular complexity index is 651. The standard InChI is InChI=1S/C18H25N3O3/c1-5-21(6-2)17(22)15-12(4)19-18(23)20-16(15)13-10-8-9-11-14(13)24-7-3/h8-11,16H,5-7H2,1-4H3,(H2,19,20,23). The zero-order valence-corrected chi connectivity index (χ0v) is 14.7. The van der Waals surface area contributed by atoms with Crippen molar-refractivity contribution in [2.24, 2.45) is 0 Å². The third-order valence-corrected chi connectivity index (χ3v) is 4.08. The van der Waals surface area contributed by atoms with Gasteiger partial charge in [0.1, 0.15) is 5.75 Å². The molecule has 6 heteroatoms. The molecule has 0 saturated heterocycles. The minimum absolute atomic E-state index is 0.0821. The van der Waals surface area contributed by atoms with E-state index in [2.05, 4.69) is 10.6 Å². The maximum atomic E-state index is 13.0. The van der Waals surface area contributed by atoms with Gasteiger partial charge in [0.25, 0.3) is 5.91 Å². The first-order chi connectivity index (χ1) is 11.5. The number of likely N-dealkylation sites (N-methyl/N-ethyl adjacent to an activating group) is 1. The van der Waals surface area contributed by atoms with E-state index in [0.29, 0.717) is 36.7 Å². The lowest BCUT2D eigenvalue weighted by Gasteiger charge is -2.32. The van der Waals surface area contributed by atoms with Crippen LogP contribution in [0.15, 0.2) is 35.5 Å². The molecule has 0 aliphatic carbocycles. The number of hydrogen-bond acceptors (Lipinski definition) is 3. The van der Waals surface area contributed by atoms with Gasteiger partial charge in [-0.1, -0.05) is 18.2 Å². The first-order valence-corrected chi connectivity index (χ1v) is 8.32. The Morgan fingerprint density at radius 3 is 2.50 bits per heavy atom. The van der Waals surface area contributed by atoms with Gasteiger partial charge in [-0.25, -0.2) is 4.79 Å². The molecule has 1 unspecified atom stereocenters. The fourth-order valence-corrected chi connectivity index (χ4v) is 2.90. The van der Waals surface area contributed by atoms with E-state index in [1.54, 1.807) is 11.8 Å². The molecule has 0 fully saturated rings. The Hall–Kier alpha value is -2.50. The largest absolute Gasteiger partial charge is 0.494 e. The number of urea groups is 1. The van der Waals surface area contributed by atoms with Crippen molar-refractivity contribution in [3.8, 4) is 5.75 Å². The SMILES string of the molecule is CCOc1ccccc1C1NC(=O)NC(C)=C1C(=O)N(CC)CC. The van der Waals surface area contributed by atoms with Gasteiger partial charge in [-0.2, -0.15) is 0 Å². The number of nitrogens with one attached hydrogen (secondary N) is 2. The van der Waals surface area contributed by atoms with Crippen LogP contribution in [0.4, 0.5) is 4.79 Å². The van der Waals surface area contributed by atoms with E-state index in [4.69, 9.17) is 4.74 Å². The fourth-order valence-electron chi connectivity index (χ4n) is 2.90. The highest BCUT2D eigenvalue weighted by molar-refractivity contribution is 5.98. The molecular formula is C18H25N3O3. The van der Waals surface area contributed by atoms with Gasteiger partial charge in [-0.15, -0.1) is 0 Å². The number of carbonyl (C=O) groups excluding carboxylic acids is 2. The van der Waals surface area contributed by atoms with Gasteiger partial charge in [0, 0.05) is 24.4 Å². The average molecular weight is 331 g/mol. The molecule has 0 radical (unpaired) electrons.